The van der Waals surface area contributed by atoms with Crippen molar-refractivity contribution in [1.29, 1.82) is 0 Å². The first-order chi connectivity index (χ1) is 13.4. The van der Waals surface area contributed by atoms with Gasteiger partial charge < -0.3 is 10.6 Å². The first-order valence-corrected chi connectivity index (χ1v) is 9.19. The Bertz CT molecular complexity index is 931. The van der Waals surface area contributed by atoms with Crippen LogP contribution in [-0.2, 0) is 6.42 Å². The van der Waals surface area contributed by atoms with Crippen molar-refractivity contribution in [3.05, 3.63) is 60.0 Å². The molecule has 146 valence electrons. The fourth-order valence-electron chi connectivity index (χ4n) is 3.60. The number of halogens is 3. The van der Waals surface area contributed by atoms with Crippen molar-refractivity contribution < 1.29 is 13.2 Å². The minimum Gasteiger partial charge on any atom is -0.351 e. The molecular formula is C20H20F3N5. The Balaban J connectivity index is 1.49. The highest BCUT2D eigenvalue weighted by Crippen LogP contribution is 2.35. The Hall–Kier alpha value is -2.90. The molecule has 0 amide bonds. The second-order valence-electron chi connectivity index (χ2n) is 7.05. The van der Waals surface area contributed by atoms with Crippen LogP contribution in [0, 0.1) is 5.82 Å². The minimum atomic E-state index is -2.56. The van der Waals surface area contributed by atoms with E-state index in [1.54, 1.807) is 12.4 Å². The predicted octanol–water partition coefficient (Wildman–Crippen LogP) is 4.54. The van der Waals surface area contributed by atoms with Crippen molar-refractivity contribution in [3.8, 4) is 0 Å². The summed E-state index contributed by atoms with van der Waals surface area (Å²) >= 11 is 0. The van der Waals surface area contributed by atoms with Crippen LogP contribution < -0.4 is 10.6 Å². The lowest BCUT2D eigenvalue weighted by Crippen LogP contribution is -2.32. The maximum absolute atomic E-state index is 14.2. The third-order valence-corrected chi connectivity index (χ3v) is 5.10. The number of alkyl halides is 2. The van der Waals surface area contributed by atoms with E-state index >= 15 is 0 Å². The molecule has 2 aromatic rings. The first kappa shape index (κ1) is 18.5. The zero-order valence-corrected chi connectivity index (χ0v) is 15.2. The molecule has 2 aliphatic carbocycles. The molecule has 2 aliphatic rings. The molecule has 0 saturated heterocycles. The van der Waals surface area contributed by atoms with Crippen LogP contribution in [0.15, 0.2) is 37.3 Å². The van der Waals surface area contributed by atoms with Crippen LogP contribution in [-0.4, -0.2) is 26.9 Å². The van der Waals surface area contributed by atoms with Gasteiger partial charge in [0, 0.05) is 48.8 Å². The Kier molecular flexibility index (Phi) is 4.78. The lowest BCUT2D eigenvalue weighted by atomic mass is 9.92. The van der Waals surface area contributed by atoms with Gasteiger partial charge in [-0.15, -0.1) is 0 Å². The third-order valence-electron chi connectivity index (χ3n) is 5.10. The van der Waals surface area contributed by atoms with Crippen LogP contribution in [0.25, 0.3) is 5.57 Å². The second kappa shape index (κ2) is 7.26. The molecule has 0 spiro atoms. The molecule has 0 atom stereocenters. The van der Waals surface area contributed by atoms with Gasteiger partial charge in [0.05, 0.1) is 5.69 Å². The van der Waals surface area contributed by atoms with Crippen molar-refractivity contribution in [2.75, 3.05) is 10.6 Å². The molecule has 28 heavy (non-hydrogen) atoms. The van der Waals surface area contributed by atoms with E-state index in [0.29, 0.717) is 30.8 Å². The molecule has 0 aromatic carbocycles. The number of nitrogens with one attached hydrogen (secondary N) is 2. The van der Waals surface area contributed by atoms with Gasteiger partial charge in [-0.1, -0.05) is 12.7 Å². The number of anilines is 2. The SMILES string of the molecule is C=CNc1ncc(C2=CCc3nc(NC4CCC(F)(F)CC4)ncc32)cc1F. The number of nitrogens with zero attached hydrogens (tertiary/aromatic N) is 3. The summed E-state index contributed by atoms with van der Waals surface area (Å²) in [7, 11) is 0. The van der Waals surface area contributed by atoms with E-state index in [-0.39, 0.29) is 24.7 Å². The number of aromatic nitrogens is 3. The summed E-state index contributed by atoms with van der Waals surface area (Å²) in [6, 6.07) is 1.36. The minimum absolute atomic E-state index is 0.0466. The van der Waals surface area contributed by atoms with E-state index in [4.69, 9.17) is 0 Å². The molecular weight excluding hydrogens is 367 g/mol. The highest BCUT2D eigenvalue weighted by molar-refractivity contribution is 5.83. The lowest BCUT2D eigenvalue weighted by Gasteiger charge is -2.28. The molecule has 1 saturated carbocycles. The maximum atomic E-state index is 14.2. The second-order valence-corrected chi connectivity index (χ2v) is 7.05. The zero-order chi connectivity index (χ0) is 19.7. The number of allylic oxidation sites excluding steroid dienone is 1. The number of hydrogen-bond donors (Lipinski definition) is 2. The van der Waals surface area contributed by atoms with E-state index in [0.717, 1.165) is 16.8 Å². The zero-order valence-electron chi connectivity index (χ0n) is 15.2. The summed E-state index contributed by atoms with van der Waals surface area (Å²) in [6.45, 7) is 3.50. The van der Waals surface area contributed by atoms with Crippen molar-refractivity contribution in [1.82, 2.24) is 15.0 Å². The summed E-state index contributed by atoms with van der Waals surface area (Å²) < 4.78 is 40.7. The maximum Gasteiger partial charge on any atom is 0.248 e. The predicted molar refractivity (Wildman–Crippen MR) is 102 cm³/mol. The fraction of sp³-hybridized carbons (Fsp3) is 0.350. The Labute approximate surface area is 160 Å². The highest BCUT2D eigenvalue weighted by Gasteiger charge is 2.35. The van der Waals surface area contributed by atoms with E-state index in [1.807, 2.05) is 6.08 Å². The molecule has 0 bridgehead atoms. The Morgan fingerprint density at radius 3 is 2.68 bits per heavy atom. The van der Waals surface area contributed by atoms with Crippen molar-refractivity contribution in [2.24, 2.45) is 0 Å². The molecule has 8 heteroatoms. The van der Waals surface area contributed by atoms with Crippen LogP contribution in [0.1, 0.15) is 42.5 Å². The van der Waals surface area contributed by atoms with Crippen LogP contribution in [0.4, 0.5) is 24.9 Å². The molecule has 2 heterocycles. The summed E-state index contributed by atoms with van der Waals surface area (Å²) in [5, 5.41) is 5.81. The summed E-state index contributed by atoms with van der Waals surface area (Å²) in [5.74, 6) is -2.47. The monoisotopic (exact) mass is 387 g/mol. The van der Waals surface area contributed by atoms with Crippen molar-refractivity contribution in [2.45, 2.75) is 44.1 Å². The van der Waals surface area contributed by atoms with Crippen LogP contribution in [0.3, 0.4) is 0 Å². The van der Waals surface area contributed by atoms with Crippen LogP contribution >= 0.6 is 0 Å². The Morgan fingerprint density at radius 2 is 1.96 bits per heavy atom. The van der Waals surface area contributed by atoms with Crippen LogP contribution in [0.5, 0.6) is 0 Å². The van der Waals surface area contributed by atoms with E-state index in [1.165, 1.54) is 12.3 Å². The van der Waals surface area contributed by atoms with E-state index < -0.39 is 11.7 Å². The summed E-state index contributed by atoms with van der Waals surface area (Å²) in [6.07, 6.45) is 7.76. The third kappa shape index (κ3) is 3.72. The fourth-order valence-corrected chi connectivity index (χ4v) is 3.60. The van der Waals surface area contributed by atoms with Gasteiger partial charge in [0.15, 0.2) is 11.6 Å². The largest absolute Gasteiger partial charge is 0.351 e. The van der Waals surface area contributed by atoms with Gasteiger partial charge in [-0.2, -0.15) is 0 Å². The standard InChI is InChI=1S/C20H20F3N5/c1-2-24-18-16(21)9-12(10-25-18)14-3-4-17-15(14)11-26-19(28-17)27-13-5-7-20(22,23)8-6-13/h2-3,9-11,13H,1,4-8H2,(H,24,25)(H,26,27,28). The van der Waals surface area contributed by atoms with E-state index in [9.17, 15) is 13.2 Å². The highest BCUT2D eigenvalue weighted by atomic mass is 19.3. The van der Waals surface area contributed by atoms with Gasteiger partial charge in [0.25, 0.3) is 0 Å². The molecule has 0 unspecified atom stereocenters. The van der Waals surface area contributed by atoms with Gasteiger partial charge >= 0.3 is 0 Å². The number of fused-ring (bicyclic) bond motifs is 1. The quantitative estimate of drug-likeness (QED) is 0.789. The summed E-state index contributed by atoms with van der Waals surface area (Å²) in [5.41, 5.74) is 3.12. The van der Waals surface area contributed by atoms with Crippen LogP contribution in [0.2, 0.25) is 0 Å². The summed E-state index contributed by atoms with van der Waals surface area (Å²) in [4.78, 5) is 12.9. The van der Waals surface area contributed by atoms with Gasteiger partial charge in [0.2, 0.25) is 11.9 Å². The normalized spacial score (nSPS) is 18.3. The van der Waals surface area contributed by atoms with Gasteiger partial charge in [0.1, 0.15) is 0 Å². The molecule has 5 nitrogen and oxygen atoms in total. The van der Waals surface area contributed by atoms with Gasteiger partial charge in [-0.25, -0.2) is 28.1 Å². The van der Waals surface area contributed by atoms with Crippen molar-refractivity contribution in [3.63, 3.8) is 0 Å². The van der Waals surface area contributed by atoms with Gasteiger partial charge in [-0.3, -0.25) is 0 Å². The lowest BCUT2D eigenvalue weighted by molar-refractivity contribution is -0.0361. The Morgan fingerprint density at radius 1 is 1.18 bits per heavy atom. The first-order valence-electron chi connectivity index (χ1n) is 9.19. The van der Waals surface area contributed by atoms with E-state index in [2.05, 4.69) is 32.2 Å². The smallest absolute Gasteiger partial charge is 0.248 e. The topological polar surface area (TPSA) is 62.7 Å². The number of rotatable bonds is 5. The van der Waals surface area contributed by atoms with Gasteiger partial charge in [-0.05, 0) is 30.7 Å². The molecule has 2 N–H and O–H groups in total. The molecule has 0 aliphatic heterocycles. The van der Waals surface area contributed by atoms with Crippen molar-refractivity contribution >= 4 is 17.3 Å². The molecule has 0 radical (unpaired) electrons. The molecule has 1 fully saturated rings. The molecule has 4 rings (SSSR count). The average Bonchev–Trinajstić information content (AvgIpc) is 3.08. The number of pyridine rings is 1. The average molecular weight is 387 g/mol. The molecule has 2 aromatic heterocycles. The number of hydrogen-bond acceptors (Lipinski definition) is 5.